The van der Waals surface area contributed by atoms with Crippen LogP contribution in [0, 0.1) is 0 Å². The van der Waals surface area contributed by atoms with Gasteiger partial charge in [0.05, 0.1) is 0 Å². The van der Waals surface area contributed by atoms with Gasteiger partial charge in [-0.15, -0.1) is 0 Å². The molecule has 0 bridgehead atoms. The Hall–Kier alpha value is -0.183. The fourth-order valence-electron chi connectivity index (χ4n) is 1.56. The number of hydrogen-bond donors (Lipinski definition) is 0. The molecule has 0 radical (unpaired) electrons. The van der Waals surface area contributed by atoms with Crippen LogP contribution in [0.15, 0.2) is 24.3 Å². The molecule has 1 heteroatoms. The van der Waals surface area contributed by atoms with E-state index in [-0.39, 0.29) is 0 Å². The van der Waals surface area contributed by atoms with E-state index in [1.807, 2.05) is 0 Å². The van der Waals surface area contributed by atoms with Gasteiger partial charge in [-0.2, -0.15) is 0 Å². The van der Waals surface area contributed by atoms with Crippen LogP contribution < -0.4 is 0 Å². The van der Waals surface area contributed by atoms with E-state index < -0.39 is 0 Å². The zero-order valence-corrected chi connectivity index (χ0v) is 8.30. The van der Waals surface area contributed by atoms with E-state index in [2.05, 4.69) is 55.8 Å². The first-order valence-electron chi connectivity index (χ1n) is 4.87. The average Bonchev–Trinajstić information content (AvgIpc) is 2.16. The SMILES string of the molecule is [Li][CH2]c1ccccc1C(C)CC. The summed E-state index contributed by atoms with van der Waals surface area (Å²) in [6.45, 7) is 4.55. The summed E-state index contributed by atoms with van der Waals surface area (Å²) in [5.41, 5.74) is 3.04. The molecule has 0 N–H and O–H groups in total. The Morgan fingerprint density at radius 1 is 1.33 bits per heavy atom. The second-order valence-corrected chi connectivity index (χ2v) is 3.36. The summed E-state index contributed by atoms with van der Waals surface area (Å²) in [6, 6.07) is 8.76. The molecule has 0 spiro atoms. The van der Waals surface area contributed by atoms with Gasteiger partial charge < -0.3 is 0 Å². The van der Waals surface area contributed by atoms with Crippen LogP contribution in [0.5, 0.6) is 0 Å². The monoisotopic (exact) mass is 154 g/mol. The van der Waals surface area contributed by atoms with Crippen molar-refractivity contribution in [3.05, 3.63) is 35.4 Å². The van der Waals surface area contributed by atoms with Crippen molar-refractivity contribution >= 4 is 17.7 Å². The molecular weight excluding hydrogens is 139 g/mol. The van der Waals surface area contributed by atoms with Crippen molar-refractivity contribution in [2.24, 2.45) is 0 Å². The van der Waals surface area contributed by atoms with Crippen LogP contribution in [0.3, 0.4) is 0 Å². The molecule has 1 aromatic rings. The van der Waals surface area contributed by atoms with Gasteiger partial charge in [-0.3, -0.25) is 0 Å². The van der Waals surface area contributed by atoms with E-state index in [1.165, 1.54) is 17.5 Å². The molecule has 1 atom stereocenters. The molecule has 0 aliphatic carbocycles. The Kier molecular flexibility index (Phi) is 3.92. The first-order valence-corrected chi connectivity index (χ1v) is 4.87. The van der Waals surface area contributed by atoms with Crippen molar-refractivity contribution in [1.29, 1.82) is 0 Å². The van der Waals surface area contributed by atoms with Gasteiger partial charge >= 0.3 is 84.4 Å². The van der Waals surface area contributed by atoms with Crippen molar-refractivity contribution in [2.75, 3.05) is 0 Å². The first kappa shape index (κ1) is 9.90. The molecule has 1 rings (SSSR count). The second kappa shape index (κ2) is 4.75. The Bertz CT molecular complexity index is 243. The van der Waals surface area contributed by atoms with Crippen molar-refractivity contribution in [3.8, 4) is 0 Å². The summed E-state index contributed by atoms with van der Waals surface area (Å²) >= 11 is 2.22. The fraction of sp³-hybridized carbons (Fsp3) is 0.455. The molecule has 12 heavy (non-hydrogen) atoms. The van der Waals surface area contributed by atoms with Gasteiger partial charge in [-0.1, -0.05) is 0 Å². The summed E-state index contributed by atoms with van der Waals surface area (Å²) < 4.78 is 0. The van der Waals surface area contributed by atoms with Crippen LogP contribution in [0.1, 0.15) is 37.3 Å². The van der Waals surface area contributed by atoms with Crippen molar-refractivity contribution < 1.29 is 0 Å². The van der Waals surface area contributed by atoms with E-state index in [0.29, 0.717) is 5.92 Å². The third kappa shape index (κ3) is 2.16. The van der Waals surface area contributed by atoms with Crippen LogP contribution in [-0.4, -0.2) is 17.7 Å². The molecule has 0 heterocycles. The quantitative estimate of drug-likeness (QED) is 0.587. The maximum atomic E-state index is 2.30. The molecule has 0 amide bonds. The molecule has 1 unspecified atom stereocenters. The van der Waals surface area contributed by atoms with Crippen molar-refractivity contribution in [3.63, 3.8) is 0 Å². The third-order valence-electron chi connectivity index (χ3n) is 2.58. The summed E-state index contributed by atoms with van der Waals surface area (Å²) in [7, 11) is 0. The van der Waals surface area contributed by atoms with Gasteiger partial charge in [0.15, 0.2) is 0 Å². The summed E-state index contributed by atoms with van der Waals surface area (Å²) in [5.74, 6) is 0.709. The summed E-state index contributed by atoms with van der Waals surface area (Å²) in [6.07, 6.45) is 1.23. The molecule has 0 saturated carbocycles. The Labute approximate surface area is 84.6 Å². The van der Waals surface area contributed by atoms with E-state index in [9.17, 15) is 0 Å². The minimum atomic E-state index is 0.709. The van der Waals surface area contributed by atoms with Crippen molar-refractivity contribution in [2.45, 2.75) is 31.3 Å². The van der Waals surface area contributed by atoms with Gasteiger partial charge in [0, 0.05) is 0 Å². The molecule has 0 aliphatic heterocycles. The van der Waals surface area contributed by atoms with Crippen LogP contribution in [-0.2, 0) is 5.09 Å². The number of rotatable bonds is 3. The zero-order chi connectivity index (χ0) is 8.97. The van der Waals surface area contributed by atoms with Gasteiger partial charge in [0.1, 0.15) is 0 Å². The van der Waals surface area contributed by atoms with E-state index in [4.69, 9.17) is 0 Å². The average molecular weight is 154 g/mol. The Morgan fingerprint density at radius 3 is 2.58 bits per heavy atom. The van der Waals surface area contributed by atoms with Gasteiger partial charge in [0.25, 0.3) is 0 Å². The third-order valence-corrected chi connectivity index (χ3v) is 2.58. The molecule has 0 fully saturated rings. The molecule has 1 aromatic carbocycles. The standard InChI is InChI=1S/C11H15.Li/c1-4-9(2)11-8-6-5-7-10(11)3;/h5-9H,3-4H2,1-2H3;. The number of hydrogen-bond acceptors (Lipinski definition) is 0. The first-order chi connectivity index (χ1) is 5.79. The summed E-state index contributed by atoms with van der Waals surface area (Å²) in [4.78, 5) is 0. The van der Waals surface area contributed by atoms with E-state index in [0.717, 1.165) is 5.09 Å². The minimum absolute atomic E-state index is 0.709. The predicted molar refractivity (Wildman–Crippen MR) is 54.6 cm³/mol. The fourth-order valence-corrected chi connectivity index (χ4v) is 1.56. The topological polar surface area (TPSA) is 0 Å². The van der Waals surface area contributed by atoms with Gasteiger partial charge in [-0.05, 0) is 0 Å². The van der Waals surface area contributed by atoms with Crippen LogP contribution >= 0.6 is 0 Å². The maximum absolute atomic E-state index is 2.30. The molecular formula is C11H15Li. The molecule has 0 aliphatic rings. The Morgan fingerprint density at radius 2 is 2.00 bits per heavy atom. The number of benzene rings is 1. The van der Waals surface area contributed by atoms with Crippen LogP contribution in [0.2, 0.25) is 0 Å². The molecule has 60 valence electrons. The van der Waals surface area contributed by atoms with Gasteiger partial charge in [0.2, 0.25) is 0 Å². The Balaban J connectivity index is 2.96. The predicted octanol–water partition coefficient (Wildman–Crippen LogP) is 2.87. The van der Waals surface area contributed by atoms with Crippen LogP contribution in [0.4, 0.5) is 0 Å². The molecule has 0 nitrogen and oxygen atoms in total. The normalized spacial score (nSPS) is 13.0. The van der Waals surface area contributed by atoms with E-state index >= 15 is 0 Å². The molecule has 0 saturated heterocycles. The second-order valence-electron chi connectivity index (χ2n) is 3.36. The summed E-state index contributed by atoms with van der Waals surface area (Å²) in [5, 5.41) is 1.15. The molecule has 0 aromatic heterocycles. The zero-order valence-electron chi connectivity index (χ0n) is 8.30. The van der Waals surface area contributed by atoms with E-state index in [1.54, 1.807) is 0 Å². The van der Waals surface area contributed by atoms with Gasteiger partial charge in [-0.25, -0.2) is 0 Å². The van der Waals surface area contributed by atoms with Crippen LogP contribution in [0.25, 0.3) is 0 Å². The van der Waals surface area contributed by atoms with Crippen molar-refractivity contribution in [1.82, 2.24) is 0 Å².